The Morgan fingerprint density at radius 3 is 2.57 bits per heavy atom. The van der Waals surface area contributed by atoms with Crippen LogP contribution in [0.3, 0.4) is 0 Å². The van der Waals surface area contributed by atoms with E-state index in [-0.39, 0.29) is 23.2 Å². The molecule has 2 rings (SSSR count). The number of carbonyl (C=O) groups is 2. The Labute approximate surface area is 122 Å². The zero-order valence-electron chi connectivity index (χ0n) is 12.4. The first kappa shape index (κ1) is 15.0. The number of carbonyl (C=O) groups excluding carboxylic acids is 1. The minimum Gasteiger partial charge on any atom is -0.496 e. The van der Waals surface area contributed by atoms with Crippen molar-refractivity contribution in [3.63, 3.8) is 0 Å². The minimum atomic E-state index is -1.10. The highest BCUT2D eigenvalue weighted by Crippen LogP contribution is 2.30. The van der Waals surface area contributed by atoms with Crippen LogP contribution in [0.15, 0.2) is 23.2 Å². The summed E-state index contributed by atoms with van der Waals surface area (Å²) in [5.74, 6) is -0.750. The lowest BCUT2D eigenvalue weighted by Gasteiger charge is -2.21. The number of aromatic carboxylic acids is 1. The van der Waals surface area contributed by atoms with Crippen LogP contribution in [-0.2, 0) is 4.79 Å². The smallest absolute Gasteiger partial charge is 0.336 e. The van der Waals surface area contributed by atoms with Crippen LogP contribution in [-0.4, -0.2) is 35.5 Å². The van der Waals surface area contributed by atoms with Crippen molar-refractivity contribution in [2.45, 2.75) is 26.3 Å². The van der Waals surface area contributed by atoms with E-state index in [9.17, 15) is 14.7 Å². The van der Waals surface area contributed by atoms with Gasteiger partial charge in [-0.15, -0.1) is 0 Å². The molecule has 0 aliphatic carbocycles. The summed E-state index contributed by atoms with van der Waals surface area (Å²) in [4.78, 5) is 28.0. The molecule has 1 atom stereocenters. The average Bonchev–Trinajstić information content (AvgIpc) is 2.74. The minimum absolute atomic E-state index is 0.0158. The molecule has 0 bridgehead atoms. The Hall–Kier alpha value is -2.37. The third kappa shape index (κ3) is 2.37. The van der Waals surface area contributed by atoms with Crippen LogP contribution in [0.5, 0.6) is 5.75 Å². The molecule has 0 aromatic heterocycles. The van der Waals surface area contributed by atoms with E-state index >= 15 is 0 Å². The van der Waals surface area contributed by atoms with Crippen molar-refractivity contribution >= 4 is 17.7 Å². The van der Waals surface area contributed by atoms with Crippen LogP contribution >= 0.6 is 0 Å². The van der Waals surface area contributed by atoms with Crippen molar-refractivity contribution < 1.29 is 19.4 Å². The summed E-state index contributed by atoms with van der Waals surface area (Å²) < 4.78 is 5.22. The Bertz CT molecular complexity index is 637. The van der Waals surface area contributed by atoms with Gasteiger partial charge < -0.3 is 15.2 Å². The molecule has 0 fully saturated rings. The summed E-state index contributed by atoms with van der Waals surface area (Å²) >= 11 is 0. The standard InChI is InChI=1S/C15H18N2O4/c1-8(2)15(3)14(20)16-12(17-15)11-9(13(18)19)6-5-7-10(11)21-4/h5-8H,1-4H3,(H,18,19)(H,16,17,20). The van der Waals surface area contributed by atoms with Crippen molar-refractivity contribution in [3.8, 4) is 5.75 Å². The third-order valence-corrected chi connectivity index (χ3v) is 3.87. The molecule has 1 aromatic carbocycles. The molecule has 0 saturated heterocycles. The summed E-state index contributed by atoms with van der Waals surface area (Å²) in [6, 6.07) is 4.69. The maximum Gasteiger partial charge on any atom is 0.336 e. The zero-order chi connectivity index (χ0) is 15.8. The number of hydrogen-bond donors (Lipinski definition) is 2. The summed E-state index contributed by atoms with van der Waals surface area (Å²) in [6.07, 6.45) is 0. The average molecular weight is 290 g/mol. The Morgan fingerprint density at radius 2 is 2.10 bits per heavy atom. The predicted octanol–water partition coefficient (Wildman–Crippen LogP) is 1.68. The zero-order valence-corrected chi connectivity index (χ0v) is 12.4. The second-order valence-electron chi connectivity index (χ2n) is 5.40. The molecule has 1 unspecified atom stereocenters. The monoisotopic (exact) mass is 290 g/mol. The number of methoxy groups -OCH3 is 1. The van der Waals surface area contributed by atoms with Gasteiger partial charge in [-0.2, -0.15) is 0 Å². The summed E-state index contributed by atoms with van der Waals surface area (Å²) in [7, 11) is 1.45. The fraction of sp³-hybridized carbons (Fsp3) is 0.400. The summed E-state index contributed by atoms with van der Waals surface area (Å²) in [5, 5.41) is 12.0. The van der Waals surface area contributed by atoms with Gasteiger partial charge >= 0.3 is 5.97 Å². The van der Waals surface area contributed by atoms with Crippen molar-refractivity contribution in [3.05, 3.63) is 29.3 Å². The van der Waals surface area contributed by atoms with E-state index in [0.29, 0.717) is 11.3 Å². The Balaban J connectivity index is 2.63. The second-order valence-corrected chi connectivity index (χ2v) is 5.40. The first-order valence-electron chi connectivity index (χ1n) is 6.63. The largest absolute Gasteiger partial charge is 0.496 e. The highest BCUT2D eigenvalue weighted by Gasteiger charge is 2.43. The number of nitrogens with zero attached hydrogens (tertiary/aromatic N) is 1. The molecule has 6 heteroatoms. The van der Waals surface area contributed by atoms with Gasteiger partial charge in [0.2, 0.25) is 0 Å². The molecule has 0 spiro atoms. The topological polar surface area (TPSA) is 88.0 Å². The highest BCUT2D eigenvalue weighted by atomic mass is 16.5. The number of benzene rings is 1. The van der Waals surface area contributed by atoms with Crippen LogP contribution in [0.25, 0.3) is 0 Å². The van der Waals surface area contributed by atoms with Crippen LogP contribution in [0.4, 0.5) is 0 Å². The quantitative estimate of drug-likeness (QED) is 0.883. The normalized spacial score (nSPS) is 21.2. The second kappa shape index (κ2) is 5.20. The first-order valence-corrected chi connectivity index (χ1v) is 6.63. The lowest BCUT2D eigenvalue weighted by molar-refractivity contribution is -0.124. The molecule has 6 nitrogen and oxygen atoms in total. The molecule has 1 aliphatic heterocycles. The van der Waals surface area contributed by atoms with E-state index in [1.807, 2.05) is 13.8 Å². The third-order valence-electron chi connectivity index (χ3n) is 3.87. The molecule has 1 amide bonds. The molecule has 0 saturated carbocycles. The molecular formula is C15H18N2O4. The summed E-state index contributed by atoms with van der Waals surface area (Å²) in [5.41, 5.74) is -0.571. The molecule has 0 radical (unpaired) electrons. The van der Waals surface area contributed by atoms with Crippen LogP contribution < -0.4 is 10.1 Å². The van der Waals surface area contributed by atoms with Gasteiger partial charge in [-0.1, -0.05) is 19.9 Å². The van der Waals surface area contributed by atoms with Crippen molar-refractivity contribution in [1.82, 2.24) is 5.32 Å². The van der Waals surface area contributed by atoms with Gasteiger partial charge in [-0.05, 0) is 25.0 Å². The van der Waals surface area contributed by atoms with Gasteiger partial charge in [-0.3, -0.25) is 9.79 Å². The van der Waals surface area contributed by atoms with Gasteiger partial charge in [0.05, 0.1) is 18.2 Å². The van der Waals surface area contributed by atoms with Crippen molar-refractivity contribution in [2.24, 2.45) is 10.9 Å². The molecular weight excluding hydrogens is 272 g/mol. The van der Waals surface area contributed by atoms with Crippen LogP contribution in [0.1, 0.15) is 36.7 Å². The highest BCUT2D eigenvalue weighted by molar-refractivity contribution is 6.19. The first-order chi connectivity index (χ1) is 9.81. The van der Waals surface area contributed by atoms with E-state index in [1.165, 1.54) is 13.2 Å². The number of rotatable bonds is 4. The maximum atomic E-state index is 12.2. The van der Waals surface area contributed by atoms with Crippen molar-refractivity contribution in [2.75, 3.05) is 7.11 Å². The van der Waals surface area contributed by atoms with Crippen LogP contribution in [0, 0.1) is 5.92 Å². The lowest BCUT2D eigenvalue weighted by Crippen LogP contribution is -2.41. The summed E-state index contributed by atoms with van der Waals surface area (Å²) in [6.45, 7) is 5.52. The number of amides is 1. The predicted molar refractivity (Wildman–Crippen MR) is 77.9 cm³/mol. The van der Waals surface area contributed by atoms with Gasteiger partial charge in [0, 0.05) is 0 Å². The van der Waals surface area contributed by atoms with Crippen LogP contribution in [0.2, 0.25) is 0 Å². The molecule has 112 valence electrons. The lowest BCUT2D eigenvalue weighted by atomic mass is 9.89. The number of carboxylic acids is 1. The number of ether oxygens (including phenoxy) is 1. The van der Waals surface area contributed by atoms with E-state index in [0.717, 1.165) is 0 Å². The number of hydrogen-bond acceptors (Lipinski definition) is 4. The fourth-order valence-corrected chi connectivity index (χ4v) is 2.18. The van der Waals surface area contributed by atoms with Gasteiger partial charge in [0.1, 0.15) is 17.1 Å². The van der Waals surface area contributed by atoms with E-state index < -0.39 is 11.5 Å². The van der Waals surface area contributed by atoms with E-state index in [2.05, 4.69) is 10.3 Å². The fourth-order valence-electron chi connectivity index (χ4n) is 2.18. The van der Waals surface area contributed by atoms with E-state index in [4.69, 9.17) is 4.74 Å². The van der Waals surface area contributed by atoms with Gasteiger partial charge in [0.15, 0.2) is 0 Å². The Morgan fingerprint density at radius 1 is 1.43 bits per heavy atom. The molecule has 2 N–H and O–H groups in total. The molecule has 1 aliphatic rings. The van der Waals surface area contributed by atoms with E-state index in [1.54, 1.807) is 19.1 Å². The Kier molecular flexibility index (Phi) is 3.72. The number of nitrogens with one attached hydrogen (secondary N) is 1. The maximum absolute atomic E-state index is 12.2. The van der Waals surface area contributed by atoms with Gasteiger partial charge in [-0.25, -0.2) is 4.79 Å². The van der Waals surface area contributed by atoms with Crippen molar-refractivity contribution in [1.29, 1.82) is 0 Å². The molecule has 1 heterocycles. The van der Waals surface area contributed by atoms with Gasteiger partial charge in [0.25, 0.3) is 5.91 Å². The number of aliphatic imine (C=N–C) groups is 1. The SMILES string of the molecule is COc1cccc(C(=O)O)c1C1=NC(C)(C(C)C)C(=O)N1. The number of amidine groups is 1. The molecule has 21 heavy (non-hydrogen) atoms. The number of carboxylic acid groups (broad SMARTS) is 1. The molecule has 1 aromatic rings.